The average Bonchev–Trinajstić information content (AvgIpc) is 1.28. The lowest BCUT2D eigenvalue weighted by Gasteiger charge is -2.38. The van der Waals surface area contributed by atoms with Crippen LogP contribution in [0.2, 0.25) is 0 Å². The van der Waals surface area contributed by atoms with Crippen molar-refractivity contribution >= 4 is 85.7 Å². The first kappa shape index (κ1) is 75.7. The molecule has 1 unspecified atom stereocenters. The number of hydrogen-bond acceptors (Lipinski definition) is 22. The molecule has 6 aliphatic rings. The van der Waals surface area contributed by atoms with Crippen LogP contribution in [0.1, 0.15) is 102 Å². The molecule has 1 atom stereocenters. The highest BCUT2D eigenvalue weighted by Gasteiger charge is 2.37. The fourth-order valence-electron chi connectivity index (χ4n) is 14.4. The summed E-state index contributed by atoms with van der Waals surface area (Å²) >= 11 is 0. The van der Waals surface area contributed by atoms with E-state index >= 15 is 0 Å². The molecule has 3 aliphatic heterocycles. The molecular formula is C86H97N18O8+. The maximum atomic E-state index is 12.4. The highest BCUT2D eigenvalue weighted by Crippen LogP contribution is 2.43. The number of fused-ring (bicyclic) bond motifs is 3. The minimum Gasteiger partial charge on any atom is -0.497 e. The minimum absolute atomic E-state index is 0.0513. The molecule has 17 rings (SSSR count). The molecule has 11 aromatic rings. The van der Waals surface area contributed by atoms with E-state index in [1.807, 2.05) is 136 Å². The van der Waals surface area contributed by atoms with Crippen LogP contribution in [-0.2, 0) is 17.8 Å². The Balaban J connectivity index is 0.000000136. The molecule has 1 amide bonds. The van der Waals surface area contributed by atoms with Gasteiger partial charge in [-0.1, -0.05) is 10.8 Å². The summed E-state index contributed by atoms with van der Waals surface area (Å²) in [6.45, 7) is 11.6. The number of anilines is 6. The Kier molecular flexibility index (Phi) is 22.1. The number of carbonyl (C=O) groups is 1. The molecule has 6 aromatic carbocycles. The number of ether oxygens (including phenoxy) is 5. The van der Waals surface area contributed by atoms with Gasteiger partial charge in [-0.3, -0.25) is 24.3 Å². The van der Waals surface area contributed by atoms with Gasteiger partial charge >= 0.3 is 6.09 Å². The predicted molar refractivity (Wildman–Crippen MR) is 433 cm³/mol. The Morgan fingerprint density at radius 3 is 1.42 bits per heavy atom. The Labute approximate surface area is 652 Å². The molecule has 3 aliphatic carbocycles. The number of aliphatic hydroxyl groups is 2. The lowest BCUT2D eigenvalue weighted by atomic mass is 9.91. The van der Waals surface area contributed by atoms with E-state index in [1.54, 1.807) is 67.5 Å². The van der Waals surface area contributed by atoms with Gasteiger partial charge in [0.15, 0.2) is 13.3 Å². The van der Waals surface area contributed by atoms with Crippen molar-refractivity contribution in [2.45, 2.75) is 121 Å². The largest absolute Gasteiger partial charge is 0.497 e. The van der Waals surface area contributed by atoms with E-state index in [-0.39, 0.29) is 12.0 Å². The van der Waals surface area contributed by atoms with Gasteiger partial charge in [-0.2, -0.15) is 15.5 Å². The number of nitriles is 1. The summed E-state index contributed by atoms with van der Waals surface area (Å²) < 4.78 is 33.0. The van der Waals surface area contributed by atoms with Crippen molar-refractivity contribution in [2.24, 2.45) is 22.9 Å². The van der Waals surface area contributed by atoms with Crippen LogP contribution >= 0.6 is 0 Å². The summed E-state index contributed by atoms with van der Waals surface area (Å²) in [5.41, 5.74) is 13.7. The molecule has 112 heavy (non-hydrogen) atoms. The second-order valence-electron chi connectivity index (χ2n) is 31.3. The van der Waals surface area contributed by atoms with Crippen LogP contribution in [-0.4, -0.2) is 186 Å². The van der Waals surface area contributed by atoms with E-state index in [2.05, 4.69) is 93.8 Å². The predicted octanol–water partition coefficient (Wildman–Crippen LogP) is 13.8. The summed E-state index contributed by atoms with van der Waals surface area (Å²) in [6.07, 6.45) is 26.1. The molecule has 5 aromatic heterocycles. The van der Waals surface area contributed by atoms with Gasteiger partial charge in [-0.25, -0.2) is 19.7 Å². The number of aromatic nitrogens is 10. The van der Waals surface area contributed by atoms with Crippen molar-refractivity contribution in [2.75, 3.05) is 96.0 Å². The third-order valence-corrected chi connectivity index (χ3v) is 21.3. The van der Waals surface area contributed by atoms with Gasteiger partial charge in [-0.05, 0) is 194 Å². The standard InChI is InChI=1S/C34H42N6O5.C29H34N6O3.C23H21N6/c1-33(2,3)45-32(41)38-12-10-34(42,11-13-38)22-39-21-24(18-36-39)31-19-35-29-9-8-25(16-30(29)37-31)40(20-23-6-7-23)26-14-27(43-4)17-28(15-26)44-5;1-37-24-11-23(12-25(14-24)38-2)35(17-20-3-4-20)22-5-6-26-27(13-22)33-28(16-31-26)21-15-32-34(18-21)19-29(36)7-9-30-10-8-29;1-28-15-18(12-26-28)23-13-25-21-8-7-20(10-22(21)27-23)29(14-16-5-6-16)19-4-2-3-17(9-19)11-24/h8-9,14-19,21,23,42H,6-7,10-13,20,22H2,1-5H3;5-6,11-16,18,20,30,36H,3-4,7-10,17,19H2,1-2H3;2-4,7-10,12-13,15-16,18H,5-6,14H2,1H3/q;;+1. The van der Waals surface area contributed by atoms with Crippen molar-refractivity contribution in [1.29, 1.82) is 5.26 Å². The van der Waals surface area contributed by atoms with Gasteiger partial charge < -0.3 is 58.8 Å². The lowest BCUT2D eigenvalue weighted by Crippen LogP contribution is -2.49. The van der Waals surface area contributed by atoms with E-state index < -0.39 is 16.8 Å². The normalized spacial score (nSPS) is 17.0. The number of hydrazone groups is 1. The molecule has 2 saturated heterocycles. The number of benzene rings is 6. The van der Waals surface area contributed by atoms with Gasteiger partial charge in [0, 0.05) is 127 Å². The molecule has 0 spiro atoms. The van der Waals surface area contributed by atoms with Crippen molar-refractivity contribution in [3.8, 4) is 51.6 Å². The molecular weight excluding hydrogens is 1410 g/mol. The summed E-state index contributed by atoms with van der Waals surface area (Å²) in [4.78, 5) is 49.8. The zero-order valence-electron chi connectivity index (χ0n) is 64.9. The topological polar surface area (TPSA) is 281 Å². The fraction of sp³-hybridized carbons (Fsp3) is 0.395. The Hall–Kier alpha value is -11.7. The first-order valence-electron chi connectivity index (χ1n) is 38.6. The third-order valence-electron chi connectivity index (χ3n) is 21.3. The van der Waals surface area contributed by atoms with Crippen molar-refractivity contribution in [3.63, 3.8) is 0 Å². The van der Waals surface area contributed by atoms with Crippen LogP contribution in [0.15, 0.2) is 164 Å². The van der Waals surface area contributed by atoms with Crippen LogP contribution in [0.5, 0.6) is 23.0 Å². The second-order valence-corrected chi connectivity index (χ2v) is 31.3. The Bertz CT molecular complexity index is 5270. The lowest BCUT2D eigenvalue weighted by molar-refractivity contribution is -0.494. The van der Waals surface area contributed by atoms with Crippen LogP contribution in [0.3, 0.4) is 0 Å². The summed E-state index contributed by atoms with van der Waals surface area (Å²) in [5.74, 6) is 5.06. The van der Waals surface area contributed by atoms with E-state index in [0.717, 1.165) is 158 Å². The second kappa shape index (κ2) is 32.7. The van der Waals surface area contributed by atoms with Crippen molar-refractivity contribution < 1.29 is 43.4 Å². The van der Waals surface area contributed by atoms with Crippen LogP contribution in [0.25, 0.3) is 55.6 Å². The highest BCUT2D eigenvalue weighted by atomic mass is 16.6. The maximum Gasteiger partial charge on any atom is 0.410 e. The molecule has 578 valence electrons. The fourth-order valence-corrected chi connectivity index (χ4v) is 14.4. The van der Waals surface area contributed by atoms with Gasteiger partial charge in [0.05, 0.1) is 152 Å². The number of hydrogen-bond donors (Lipinski definition) is 3. The summed E-state index contributed by atoms with van der Waals surface area (Å²) in [5, 5.41) is 48.1. The molecule has 26 heteroatoms. The van der Waals surface area contributed by atoms with Crippen LogP contribution in [0, 0.1) is 29.1 Å². The summed E-state index contributed by atoms with van der Waals surface area (Å²) in [6, 6.07) is 40.6. The Morgan fingerprint density at radius 2 is 0.991 bits per heavy atom. The van der Waals surface area contributed by atoms with Gasteiger partial charge in [-0.15, -0.1) is 0 Å². The zero-order valence-corrected chi connectivity index (χ0v) is 64.9. The molecule has 5 fully saturated rings. The number of nitrogens with one attached hydrogen (secondary N) is 1. The number of nitrogens with zero attached hydrogens (tertiary/aromatic N) is 17. The van der Waals surface area contributed by atoms with Crippen LogP contribution < -0.4 is 39.0 Å². The number of likely N-dealkylation sites (tertiary alicyclic amines) is 1. The van der Waals surface area contributed by atoms with Crippen LogP contribution in [0.4, 0.5) is 38.9 Å². The average molecular weight is 1510 g/mol. The van der Waals surface area contributed by atoms with Crippen molar-refractivity contribution in [1.82, 2.24) is 59.7 Å². The van der Waals surface area contributed by atoms with Gasteiger partial charge in [0.2, 0.25) is 0 Å². The number of methoxy groups -OCH3 is 4. The molecule has 3 N–H and O–H groups in total. The first-order valence-corrected chi connectivity index (χ1v) is 38.6. The zero-order chi connectivity index (χ0) is 77.7. The van der Waals surface area contributed by atoms with Crippen molar-refractivity contribution in [3.05, 3.63) is 170 Å². The number of amides is 1. The monoisotopic (exact) mass is 1510 g/mol. The molecule has 8 heterocycles. The number of rotatable bonds is 23. The van der Waals surface area contributed by atoms with E-state index in [1.165, 1.54) is 38.5 Å². The SMILES string of the molecule is COc1cc(OC)cc(N(CC2CC2)c2ccc3ncc(-c4cnn(CC5(O)CCN(C(=O)OC(C)(C)C)CC5)c4)nc3c2)c1.COc1cc(OC)cc(N(CC2CC2)c2ccc3ncc(-c4cnn(CC5(O)CCNCC5)c4)nc3c2)c1.C[N+]1=CC(c2cnc3ccc(N(CC4CC4)c4cccc(C#N)c4)cc3n2)C=N1. The summed E-state index contributed by atoms with van der Waals surface area (Å²) in [7, 11) is 8.58. The van der Waals surface area contributed by atoms with E-state index in [0.29, 0.717) is 68.0 Å². The maximum absolute atomic E-state index is 12.4. The first-order chi connectivity index (χ1) is 54.2. The highest BCUT2D eigenvalue weighted by molar-refractivity contribution is 5.91. The van der Waals surface area contributed by atoms with Gasteiger partial charge in [0.1, 0.15) is 34.5 Å². The van der Waals surface area contributed by atoms with E-state index in [9.17, 15) is 20.3 Å². The third kappa shape index (κ3) is 18.7. The van der Waals surface area contributed by atoms with Gasteiger partial charge in [0.25, 0.3) is 0 Å². The Morgan fingerprint density at radius 1 is 0.554 bits per heavy atom. The number of piperidine rings is 2. The number of carbonyl (C=O) groups excluding carboxylic acids is 1. The minimum atomic E-state index is -0.973. The molecule has 3 saturated carbocycles. The quantitative estimate of drug-likeness (QED) is 0.0502. The smallest absolute Gasteiger partial charge is 0.410 e. The molecule has 0 bridgehead atoms. The molecule has 0 radical (unpaired) electrons. The van der Waals surface area contributed by atoms with E-state index in [4.69, 9.17) is 43.6 Å². The molecule has 26 nitrogen and oxygen atoms in total.